The Bertz CT molecular complexity index is 952. The molecule has 1 aliphatic heterocycles. The van der Waals surface area contributed by atoms with Gasteiger partial charge in [0.1, 0.15) is 5.82 Å². The quantitative estimate of drug-likeness (QED) is 0.623. The minimum absolute atomic E-state index is 0.240. The van der Waals surface area contributed by atoms with E-state index in [0.29, 0.717) is 16.8 Å². The molecule has 2 aromatic rings. The van der Waals surface area contributed by atoms with Gasteiger partial charge in [-0.3, -0.25) is 5.43 Å². The van der Waals surface area contributed by atoms with E-state index in [2.05, 4.69) is 10.5 Å². The van der Waals surface area contributed by atoms with Gasteiger partial charge >= 0.3 is 5.97 Å². The van der Waals surface area contributed by atoms with Crippen LogP contribution in [0.5, 0.6) is 0 Å². The van der Waals surface area contributed by atoms with Crippen molar-refractivity contribution < 1.29 is 19.1 Å². The molecule has 0 atom stereocenters. The Morgan fingerprint density at radius 3 is 2.44 bits per heavy atom. The number of aliphatic carboxylic acids is 1. The van der Waals surface area contributed by atoms with Crippen LogP contribution in [-0.4, -0.2) is 22.1 Å². The number of carboxylic acid groups (broad SMARTS) is 1. The number of benzene rings is 2. The maximum absolute atomic E-state index is 13.8. The number of carboxylic acids is 1. The molecule has 27 heavy (non-hydrogen) atoms. The van der Waals surface area contributed by atoms with Crippen LogP contribution in [0.1, 0.15) is 25.0 Å². The molecule has 2 aromatic carbocycles. The molecule has 0 unspecified atom stereocenters. The van der Waals surface area contributed by atoms with Gasteiger partial charge in [0.15, 0.2) is 0 Å². The number of hydrazone groups is 1. The number of nitrogens with one attached hydrogen (secondary N) is 1. The van der Waals surface area contributed by atoms with Gasteiger partial charge in [-0.25, -0.2) is 9.18 Å². The topological polar surface area (TPSA) is 74.2 Å². The normalized spacial score (nSPS) is 14.6. The molecule has 2 N–H and O–H groups in total. The number of nitrogens with zero attached hydrogens (tertiary/aromatic N) is 2. The predicted octanol–water partition coefficient (Wildman–Crippen LogP) is 3.70. The lowest BCUT2D eigenvalue weighted by molar-refractivity contribution is -0.172. The molecule has 1 heterocycles. The maximum Gasteiger partial charge on any atom is 0.375 e. The third-order valence-corrected chi connectivity index (χ3v) is 3.72. The fraction of sp³-hybridized carbons (Fsp3) is 0.100. The first-order chi connectivity index (χ1) is 12.9. The highest BCUT2D eigenvalue weighted by Crippen LogP contribution is 2.29. The SMILES string of the molecule is CC1=CC(C)=NN(OC(C(=O)O)=C(c2ccccc2)c2cccc(F)c2)N1. The van der Waals surface area contributed by atoms with Gasteiger partial charge in [0.25, 0.3) is 5.76 Å². The Labute approximate surface area is 155 Å². The summed E-state index contributed by atoms with van der Waals surface area (Å²) in [6.07, 6.45) is 1.79. The van der Waals surface area contributed by atoms with Crippen molar-refractivity contribution in [1.29, 1.82) is 0 Å². The number of carbonyl (C=O) groups is 1. The zero-order valence-corrected chi connectivity index (χ0v) is 14.8. The second-order valence-corrected chi connectivity index (χ2v) is 5.93. The predicted molar refractivity (Wildman–Crippen MR) is 99.4 cm³/mol. The molecule has 0 aliphatic carbocycles. The van der Waals surface area contributed by atoms with Crippen molar-refractivity contribution in [3.8, 4) is 0 Å². The summed E-state index contributed by atoms with van der Waals surface area (Å²) < 4.78 is 13.8. The molecule has 6 nitrogen and oxygen atoms in total. The van der Waals surface area contributed by atoms with Crippen molar-refractivity contribution in [3.63, 3.8) is 0 Å². The lowest BCUT2D eigenvalue weighted by atomic mass is 9.96. The highest BCUT2D eigenvalue weighted by atomic mass is 19.1. The molecule has 0 spiro atoms. The van der Waals surface area contributed by atoms with Gasteiger partial charge in [-0.2, -0.15) is 0 Å². The van der Waals surface area contributed by atoms with Crippen molar-refractivity contribution >= 4 is 17.3 Å². The summed E-state index contributed by atoms with van der Waals surface area (Å²) in [6, 6.07) is 14.5. The Morgan fingerprint density at radius 1 is 1.11 bits per heavy atom. The largest absolute Gasteiger partial charge is 0.475 e. The monoisotopic (exact) mass is 367 g/mol. The first-order valence-corrected chi connectivity index (χ1v) is 8.21. The minimum atomic E-state index is -1.31. The molecule has 0 saturated heterocycles. The van der Waals surface area contributed by atoms with Crippen LogP contribution < -0.4 is 5.43 Å². The highest BCUT2D eigenvalue weighted by molar-refractivity contribution is 5.99. The van der Waals surface area contributed by atoms with Crippen LogP contribution in [0.2, 0.25) is 0 Å². The second-order valence-electron chi connectivity index (χ2n) is 5.93. The Morgan fingerprint density at radius 2 is 1.81 bits per heavy atom. The molecule has 0 saturated carbocycles. The van der Waals surface area contributed by atoms with Gasteiger partial charge < -0.3 is 9.94 Å². The van der Waals surface area contributed by atoms with Gasteiger partial charge in [0.2, 0.25) is 0 Å². The van der Waals surface area contributed by atoms with Gasteiger partial charge in [0, 0.05) is 11.3 Å². The van der Waals surface area contributed by atoms with Crippen molar-refractivity contribution in [1.82, 2.24) is 10.7 Å². The van der Waals surface area contributed by atoms with Crippen molar-refractivity contribution in [3.05, 3.63) is 89.1 Å². The van der Waals surface area contributed by atoms with Crippen molar-refractivity contribution in [2.45, 2.75) is 13.8 Å². The molecule has 0 bridgehead atoms. The molecule has 1 aliphatic rings. The summed E-state index contributed by atoms with van der Waals surface area (Å²) >= 11 is 0. The van der Waals surface area contributed by atoms with Crippen LogP contribution in [-0.2, 0) is 9.63 Å². The highest BCUT2D eigenvalue weighted by Gasteiger charge is 2.24. The number of hydrogen-bond acceptors (Lipinski definition) is 5. The van der Waals surface area contributed by atoms with E-state index in [9.17, 15) is 14.3 Å². The van der Waals surface area contributed by atoms with Crippen LogP contribution in [0.25, 0.3) is 5.57 Å². The molecule has 7 heteroatoms. The van der Waals surface area contributed by atoms with E-state index in [-0.39, 0.29) is 11.3 Å². The van der Waals surface area contributed by atoms with E-state index in [1.54, 1.807) is 50.3 Å². The fourth-order valence-electron chi connectivity index (χ4n) is 2.69. The van der Waals surface area contributed by atoms with Crippen LogP contribution in [0.15, 0.2) is 77.2 Å². The maximum atomic E-state index is 13.8. The van der Waals surface area contributed by atoms with Crippen molar-refractivity contribution in [2.24, 2.45) is 5.10 Å². The van der Waals surface area contributed by atoms with E-state index in [0.717, 1.165) is 11.0 Å². The molecule has 0 fully saturated rings. The molecular weight excluding hydrogens is 349 g/mol. The van der Waals surface area contributed by atoms with E-state index >= 15 is 0 Å². The van der Waals surface area contributed by atoms with Gasteiger partial charge in [0.05, 0.1) is 5.71 Å². The molecule has 138 valence electrons. The van der Waals surface area contributed by atoms with Crippen LogP contribution in [0.3, 0.4) is 0 Å². The standard InChI is InChI=1S/C20H18FN3O3/c1-13-11-14(2)23-24(22-13)27-19(20(25)26)18(15-7-4-3-5-8-15)16-9-6-10-17(21)12-16/h3-12,22H,1-2H3,(H,25,26). The average Bonchev–Trinajstić information content (AvgIpc) is 2.61. The first-order valence-electron chi connectivity index (χ1n) is 8.21. The average molecular weight is 367 g/mol. The molecule has 0 radical (unpaired) electrons. The first kappa shape index (κ1) is 18.2. The third-order valence-electron chi connectivity index (χ3n) is 3.72. The van der Waals surface area contributed by atoms with E-state index in [4.69, 9.17) is 4.84 Å². The van der Waals surface area contributed by atoms with Crippen molar-refractivity contribution in [2.75, 3.05) is 0 Å². The summed E-state index contributed by atoms with van der Waals surface area (Å²) in [6.45, 7) is 3.55. The number of halogens is 1. The number of hydrogen-bond donors (Lipinski definition) is 2. The van der Waals surface area contributed by atoms with Gasteiger partial charge in [-0.15, -0.1) is 5.10 Å². The molecular formula is C20H18FN3O3. The summed E-state index contributed by atoms with van der Waals surface area (Å²) in [5, 5.41) is 14.9. The van der Waals surface area contributed by atoms with Crippen LogP contribution in [0.4, 0.5) is 4.39 Å². The smallest absolute Gasteiger partial charge is 0.375 e. The van der Waals surface area contributed by atoms with Gasteiger partial charge in [-0.1, -0.05) is 42.5 Å². The second kappa shape index (κ2) is 7.74. The zero-order valence-electron chi connectivity index (χ0n) is 14.8. The van der Waals surface area contributed by atoms with Gasteiger partial charge in [-0.05, 0) is 48.5 Å². The van der Waals surface area contributed by atoms with E-state index in [1.807, 2.05) is 6.07 Å². The minimum Gasteiger partial charge on any atom is -0.475 e. The Balaban J connectivity index is 2.14. The summed E-state index contributed by atoms with van der Waals surface area (Å²) in [5.41, 5.74) is 5.38. The molecule has 3 rings (SSSR count). The van der Waals surface area contributed by atoms with Crippen LogP contribution in [0, 0.1) is 5.82 Å². The van der Waals surface area contributed by atoms with E-state index in [1.165, 1.54) is 18.2 Å². The Hall–Kier alpha value is -3.61. The fourth-order valence-corrected chi connectivity index (χ4v) is 2.69. The lowest BCUT2D eigenvalue weighted by Crippen LogP contribution is -2.36. The van der Waals surface area contributed by atoms with E-state index < -0.39 is 11.8 Å². The lowest BCUT2D eigenvalue weighted by Gasteiger charge is -2.25. The summed E-state index contributed by atoms with van der Waals surface area (Å²) in [5.74, 6) is -2.17. The Kier molecular flexibility index (Phi) is 5.21. The third kappa shape index (κ3) is 4.33. The van der Waals surface area contributed by atoms with Crippen LogP contribution >= 0.6 is 0 Å². The number of hydrazine groups is 1. The molecule has 0 aromatic heterocycles. The summed E-state index contributed by atoms with van der Waals surface area (Å²) in [4.78, 5) is 17.6. The molecule has 0 amide bonds. The zero-order chi connectivity index (χ0) is 19.4. The number of allylic oxidation sites excluding steroid dienone is 2. The number of rotatable bonds is 5. The summed E-state index contributed by atoms with van der Waals surface area (Å²) in [7, 11) is 0.